The molecule has 2 amide bonds. The first kappa shape index (κ1) is 14.6. The zero-order valence-electron chi connectivity index (χ0n) is 12.9. The van der Waals surface area contributed by atoms with E-state index in [9.17, 15) is 9.59 Å². The molecule has 1 fully saturated rings. The van der Waals surface area contributed by atoms with Crippen molar-refractivity contribution < 1.29 is 19.1 Å². The predicted molar refractivity (Wildman–Crippen MR) is 87.4 cm³/mol. The molecule has 1 saturated carbocycles. The van der Waals surface area contributed by atoms with E-state index in [-0.39, 0.29) is 24.6 Å². The molecule has 6 nitrogen and oxygen atoms in total. The van der Waals surface area contributed by atoms with Gasteiger partial charge in [-0.25, -0.2) is 0 Å². The van der Waals surface area contributed by atoms with Crippen LogP contribution in [0.2, 0.25) is 0 Å². The summed E-state index contributed by atoms with van der Waals surface area (Å²) in [7, 11) is 0. The predicted octanol–water partition coefficient (Wildman–Crippen LogP) is 2.56. The van der Waals surface area contributed by atoms with Crippen molar-refractivity contribution in [3.8, 4) is 11.5 Å². The van der Waals surface area contributed by atoms with Crippen LogP contribution in [0.5, 0.6) is 11.5 Å². The van der Waals surface area contributed by atoms with Gasteiger partial charge in [0.1, 0.15) is 0 Å². The first-order valence-corrected chi connectivity index (χ1v) is 7.81. The van der Waals surface area contributed by atoms with Crippen LogP contribution in [0.15, 0.2) is 42.5 Å². The van der Waals surface area contributed by atoms with Crippen LogP contribution in [0, 0.1) is 0 Å². The van der Waals surface area contributed by atoms with Gasteiger partial charge in [-0.2, -0.15) is 0 Å². The molecule has 1 heterocycles. The van der Waals surface area contributed by atoms with Crippen molar-refractivity contribution in [1.82, 2.24) is 5.32 Å². The lowest BCUT2D eigenvalue weighted by molar-refractivity contribution is 0.0951. The second kappa shape index (κ2) is 5.88. The number of hydrogen-bond acceptors (Lipinski definition) is 4. The Morgan fingerprint density at radius 3 is 2.46 bits per heavy atom. The molecule has 1 aliphatic carbocycles. The summed E-state index contributed by atoms with van der Waals surface area (Å²) in [6.07, 6.45) is 2.05. The second-order valence-corrected chi connectivity index (χ2v) is 5.85. The van der Waals surface area contributed by atoms with Crippen LogP contribution in [-0.4, -0.2) is 24.6 Å². The van der Waals surface area contributed by atoms with E-state index < -0.39 is 0 Å². The monoisotopic (exact) mass is 324 g/mol. The van der Waals surface area contributed by atoms with E-state index in [0.29, 0.717) is 28.3 Å². The molecule has 1 aliphatic heterocycles. The van der Waals surface area contributed by atoms with Crippen LogP contribution in [0.3, 0.4) is 0 Å². The largest absolute Gasteiger partial charge is 0.454 e. The number of fused-ring (bicyclic) bond motifs is 1. The number of amides is 2. The van der Waals surface area contributed by atoms with Crippen molar-refractivity contribution in [3.05, 3.63) is 53.6 Å². The molecular formula is C18H16N2O4. The maximum absolute atomic E-state index is 12.4. The minimum absolute atomic E-state index is 0.143. The lowest BCUT2D eigenvalue weighted by Crippen LogP contribution is -2.25. The minimum Gasteiger partial charge on any atom is -0.454 e. The summed E-state index contributed by atoms with van der Waals surface area (Å²) in [5.41, 5.74) is 1.52. The number of hydrogen-bond donors (Lipinski definition) is 2. The average Bonchev–Trinajstić information content (AvgIpc) is 3.29. The highest BCUT2D eigenvalue weighted by atomic mass is 16.7. The number of rotatable bonds is 4. The van der Waals surface area contributed by atoms with Gasteiger partial charge in [-0.15, -0.1) is 0 Å². The van der Waals surface area contributed by atoms with Crippen LogP contribution in [0.25, 0.3) is 0 Å². The van der Waals surface area contributed by atoms with Gasteiger partial charge in [-0.3, -0.25) is 9.59 Å². The number of benzene rings is 2. The molecule has 0 unspecified atom stereocenters. The van der Waals surface area contributed by atoms with Crippen molar-refractivity contribution in [3.63, 3.8) is 0 Å². The molecule has 2 N–H and O–H groups in total. The van der Waals surface area contributed by atoms with Crippen LogP contribution in [-0.2, 0) is 0 Å². The molecule has 0 spiro atoms. The highest BCUT2D eigenvalue weighted by Crippen LogP contribution is 2.34. The van der Waals surface area contributed by atoms with E-state index in [0.717, 1.165) is 12.8 Å². The number of anilines is 1. The van der Waals surface area contributed by atoms with Crippen molar-refractivity contribution >= 4 is 17.5 Å². The SMILES string of the molecule is O=C(Nc1ccc2c(c1)OCO2)c1cccc(C(=O)NC2CC2)c1. The average molecular weight is 324 g/mol. The third-order valence-corrected chi connectivity index (χ3v) is 3.93. The topological polar surface area (TPSA) is 76.7 Å². The molecule has 0 aromatic heterocycles. The standard InChI is InChI=1S/C18H16N2O4/c21-17(19-13-4-5-13)11-2-1-3-12(8-11)18(22)20-14-6-7-15-16(9-14)24-10-23-15/h1-3,6-9,13H,4-5,10H2,(H,19,21)(H,20,22). The van der Waals surface area contributed by atoms with E-state index in [2.05, 4.69) is 10.6 Å². The maximum atomic E-state index is 12.4. The van der Waals surface area contributed by atoms with Crippen molar-refractivity contribution in [2.45, 2.75) is 18.9 Å². The lowest BCUT2D eigenvalue weighted by Gasteiger charge is -2.08. The Labute approximate surface area is 138 Å². The van der Waals surface area contributed by atoms with Crippen LogP contribution in [0.4, 0.5) is 5.69 Å². The Kier molecular flexibility index (Phi) is 3.57. The van der Waals surface area contributed by atoms with Gasteiger partial charge in [-0.05, 0) is 43.2 Å². The van der Waals surface area contributed by atoms with Gasteiger partial charge < -0.3 is 20.1 Å². The summed E-state index contributed by atoms with van der Waals surface area (Å²) in [4.78, 5) is 24.5. The number of carbonyl (C=O) groups excluding carboxylic acids is 2. The molecule has 0 saturated heterocycles. The molecule has 0 radical (unpaired) electrons. The van der Waals surface area contributed by atoms with Crippen molar-refractivity contribution in [2.24, 2.45) is 0 Å². The molecule has 4 rings (SSSR count). The summed E-state index contributed by atoms with van der Waals surface area (Å²) in [5, 5.41) is 5.71. The highest BCUT2D eigenvalue weighted by molar-refractivity contribution is 6.06. The molecule has 6 heteroatoms. The number of carbonyl (C=O) groups is 2. The minimum atomic E-state index is -0.282. The van der Waals surface area contributed by atoms with Gasteiger partial charge in [0.05, 0.1) is 0 Å². The van der Waals surface area contributed by atoms with Crippen molar-refractivity contribution in [2.75, 3.05) is 12.1 Å². The lowest BCUT2D eigenvalue weighted by atomic mass is 10.1. The fourth-order valence-electron chi connectivity index (χ4n) is 2.48. The number of nitrogens with one attached hydrogen (secondary N) is 2. The smallest absolute Gasteiger partial charge is 0.255 e. The van der Waals surface area contributed by atoms with Gasteiger partial charge in [0, 0.05) is 28.9 Å². The van der Waals surface area contributed by atoms with Gasteiger partial charge >= 0.3 is 0 Å². The maximum Gasteiger partial charge on any atom is 0.255 e. The Hall–Kier alpha value is -3.02. The Balaban J connectivity index is 1.48. The van der Waals surface area contributed by atoms with Crippen LogP contribution >= 0.6 is 0 Å². The van der Waals surface area contributed by atoms with E-state index in [1.807, 2.05) is 0 Å². The number of ether oxygens (including phenoxy) is 2. The molecule has 122 valence electrons. The summed E-state index contributed by atoms with van der Waals surface area (Å²) in [6.45, 7) is 0.185. The fraction of sp³-hybridized carbons (Fsp3) is 0.222. The van der Waals surface area contributed by atoms with Crippen molar-refractivity contribution in [1.29, 1.82) is 0 Å². The second-order valence-electron chi connectivity index (χ2n) is 5.85. The van der Waals surface area contributed by atoms with Crippen LogP contribution in [0.1, 0.15) is 33.6 Å². The summed E-state index contributed by atoms with van der Waals surface area (Å²) in [5.74, 6) is 0.835. The van der Waals surface area contributed by atoms with Gasteiger partial charge in [0.2, 0.25) is 6.79 Å². The molecular weight excluding hydrogens is 308 g/mol. The molecule has 2 aromatic rings. The van der Waals surface area contributed by atoms with Gasteiger partial charge in [0.25, 0.3) is 11.8 Å². The fourth-order valence-corrected chi connectivity index (χ4v) is 2.48. The first-order valence-electron chi connectivity index (χ1n) is 7.81. The summed E-state index contributed by atoms with van der Waals surface area (Å²) < 4.78 is 10.5. The van der Waals surface area contributed by atoms with E-state index in [1.54, 1.807) is 42.5 Å². The Bertz CT molecular complexity index is 814. The highest BCUT2D eigenvalue weighted by Gasteiger charge is 2.24. The van der Waals surface area contributed by atoms with E-state index in [4.69, 9.17) is 9.47 Å². The summed E-state index contributed by atoms with van der Waals surface area (Å²) in [6, 6.07) is 12.2. The van der Waals surface area contributed by atoms with Gasteiger partial charge in [-0.1, -0.05) is 6.07 Å². The first-order chi connectivity index (χ1) is 11.7. The Morgan fingerprint density at radius 2 is 1.67 bits per heavy atom. The normalized spacial score (nSPS) is 15.0. The third kappa shape index (κ3) is 3.03. The molecule has 24 heavy (non-hydrogen) atoms. The molecule has 0 bridgehead atoms. The van der Waals surface area contributed by atoms with E-state index in [1.165, 1.54) is 0 Å². The van der Waals surface area contributed by atoms with E-state index >= 15 is 0 Å². The molecule has 2 aromatic carbocycles. The van der Waals surface area contributed by atoms with Gasteiger partial charge in [0.15, 0.2) is 11.5 Å². The zero-order chi connectivity index (χ0) is 16.5. The zero-order valence-corrected chi connectivity index (χ0v) is 12.9. The summed E-state index contributed by atoms with van der Waals surface area (Å²) >= 11 is 0. The third-order valence-electron chi connectivity index (χ3n) is 3.93. The molecule has 0 atom stereocenters. The molecule has 2 aliphatic rings. The quantitative estimate of drug-likeness (QED) is 0.906. The van der Waals surface area contributed by atoms with Crippen LogP contribution < -0.4 is 20.1 Å². The Morgan fingerprint density at radius 1 is 0.917 bits per heavy atom.